The minimum Gasteiger partial charge on any atom is -0.361 e. The quantitative estimate of drug-likeness (QED) is 0.410. The fourth-order valence-corrected chi connectivity index (χ4v) is 4.59. The van der Waals surface area contributed by atoms with E-state index in [9.17, 15) is 0 Å². The Bertz CT molecular complexity index is 335. The fraction of sp³-hybridized carbons (Fsp3) is 0.833. The van der Waals surface area contributed by atoms with Gasteiger partial charge in [-0.3, -0.25) is 0 Å². The molecule has 1 heteroatoms. The van der Waals surface area contributed by atoms with Crippen molar-refractivity contribution in [2.24, 2.45) is 10.8 Å². The van der Waals surface area contributed by atoms with Gasteiger partial charge in [0.2, 0.25) is 0 Å². The second-order valence-corrected chi connectivity index (χ2v) is 5.67. The lowest BCUT2D eigenvalue weighted by molar-refractivity contribution is -0.0661. The summed E-state index contributed by atoms with van der Waals surface area (Å²) in [6, 6.07) is 0. The Balaban J connectivity index is 2.25. The maximum atomic E-state index is 5.99. The minimum absolute atomic E-state index is 0.137. The monoisotopic (exact) mass is 178 g/mol. The summed E-state index contributed by atoms with van der Waals surface area (Å²) < 4.78 is 5.99. The van der Waals surface area contributed by atoms with E-state index in [1.54, 1.807) is 11.1 Å². The molecule has 13 heavy (non-hydrogen) atoms. The van der Waals surface area contributed by atoms with Crippen LogP contribution in [0.1, 0.15) is 41.5 Å². The molecule has 2 unspecified atom stereocenters. The van der Waals surface area contributed by atoms with Crippen LogP contribution in [-0.4, -0.2) is 11.2 Å². The van der Waals surface area contributed by atoms with E-state index in [0.717, 1.165) is 0 Å². The van der Waals surface area contributed by atoms with Crippen molar-refractivity contribution in [2.75, 3.05) is 0 Å². The molecule has 0 amide bonds. The van der Waals surface area contributed by atoms with E-state index in [1.807, 2.05) is 0 Å². The van der Waals surface area contributed by atoms with Gasteiger partial charge in [-0.2, -0.15) is 0 Å². The molecule has 0 radical (unpaired) electrons. The minimum atomic E-state index is 0.137. The van der Waals surface area contributed by atoms with Crippen molar-refractivity contribution in [3.8, 4) is 0 Å². The number of hydrogen-bond donors (Lipinski definition) is 0. The third-order valence-electron chi connectivity index (χ3n) is 6.25. The van der Waals surface area contributed by atoms with Crippen molar-refractivity contribution < 1.29 is 4.74 Å². The summed E-state index contributed by atoms with van der Waals surface area (Å²) in [6.45, 7) is 13.8. The Hall–Kier alpha value is -0.300. The first-order valence-electron chi connectivity index (χ1n) is 5.16. The molecule has 3 aliphatic rings. The molecule has 3 rings (SSSR count). The predicted molar refractivity (Wildman–Crippen MR) is 52.5 cm³/mol. The molecule has 2 fully saturated rings. The van der Waals surface area contributed by atoms with Crippen molar-refractivity contribution in [2.45, 2.75) is 52.7 Å². The van der Waals surface area contributed by atoms with E-state index in [1.165, 1.54) is 0 Å². The van der Waals surface area contributed by atoms with Gasteiger partial charge >= 0.3 is 0 Å². The average Bonchev–Trinajstić information content (AvgIpc) is 2.64. The van der Waals surface area contributed by atoms with E-state index >= 15 is 0 Å². The maximum Gasteiger partial charge on any atom is 0.106 e. The van der Waals surface area contributed by atoms with E-state index in [0.29, 0.717) is 10.8 Å². The standard InChI is InChI=1S/C12H18O/c1-7-8(2)10(4)9(7,3)11(5)12(10,6)13-11/h1-6H3/t9?,10?,11-,12+. The van der Waals surface area contributed by atoms with Crippen LogP contribution in [-0.2, 0) is 4.74 Å². The van der Waals surface area contributed by atoms with Crippen LogP contribution in [0, 0.1) is 10.8 Å². The van der Waals surface area contributed by atoms with Crippen LogP contribution in [0.5, 0.6) is 0 Å². The molecule has 0 aromatic rings. The van der Waals surface area contributed by atoms with Gasteiger partial charge in [0.1, 0.15) is 11.2 Å². The van der Waals surface area contributed by atoms with Crippen LogP contribution in [0.3, 0.4) is 0 Å². The molecule has 0 aromatic carbocycles. The first kappa shape index (κ1) is 8.05. The molecule has 1 nitrogen and oxygen atoms in total. The van der Waals surface area contributed by atoms with Gasteiger partial charge < -0.3 is 4.74 Å². The van der Waals surface area contributed by atoms with Crippen molar-refractivity contribution in [1.29, 1.82) is 0 Å². The summed E-state index contributed by atoms with van der Waals surface area (Å²) in [5, 5.41) is 0. The Kier molecular flexibility index (Phi) is 0.880. The third-order valence-corrected chi connectivity index (χ3v) is 6.25. The van der Waals surface area contributed by atoms with Crippen LogP contribution in [0.15, 0.2) is 11.1 Å². The summed E-state index contributed by atoms with van der Waals surface area (Å²) in [6.07, 6.45) is 0. The Morgan fingerprint density at radius 2 is 1.08 bits per heavy atom. The summed E-state index contributed by atoms with van der Waals surface area (Å²) >= 11 is 0. The van der Waals surface area contributed by atoms with Crippen molar-refractivity contribution in [3.05, 3.63) is 11.1 Å². The van der Waals surface area contributed by atoms with Crippen molar-refractivity contribution in [1.82, 2.24) is 0 Å². The summed E-state index contributed by atoms with van der Waals surface area (Å²) in [4.78, 5) is 0. The lowest BCUT2D eigenvalue weighted by Crippen LogP contribution is -2.73. The second kappa shape index (κ2) is 1.42. The number of rotatable bonds is 0. The summed E-state index contributed by atoms with van der Waals surface area (Å²) in [5.41, 5.74) is 4.04. The molecule has 1 saturated heterocycles. The lowest BCUT2D eigenvalue weighted by Gasteiger charge is -2.69. The molecule has 0 aromatic heterocycles. The van der Waals surface area contributed by atoms with Gasteiger partial charge in [0.05, 0.1) is 0 Å². The van der Waals surface area contributed by atoms with E-state index in [4.69, 9.17) is 4.74 Å². The van der Waals surface area contributed by atoms with E-state index < -0.39 is 0 Å². The van der Waals surface area contributed by atoms with Gasteiger partial charge in [-0.15, -0.1) is 0 Å². The highest BCUT2D eigenvalue weighted by Crippen LogP contribution is 2.90. The van der Waals surface area contributed by atoms with Crippen LogP contribution in [0.25, 0.3) is 0 Å². The van der Waals surface area contributed by atoms with Crippen LogP contribution >= 0.6 is 0 Å². The molecule has 1 heterocycles. The number of hydrogen-bond acceptors (Lipinski definition) is 1. The van der Waals surface area contributed by atoms with Gasteiger partial charge in [0, 0.05) is 10.8 Å². The topological polar surface area (TPSA) is 12.5 Å². The van der Waals surface area contributed by atoms with Gasteiger partial charge in [-0.05, 0) is 27.7 Å². The number of ether oxygens (including phenoxy) is 1. The summed E-state index contributed by atoms with van der Waals surface area (Å²) in [5.74, 6) is 0. The molecular weight excluding hydrogens is 160 g/mol. The molecular formula is C12H18O. The van der Waals surface area contributed by atoms with Crippen molar-refractivity contribution >= 4 is 0 Å². The molecule has 72 valence electrons. The van der Waals surface area contributed by atoms with Gasteiger partial charge in [-0.1, -0.05) is 25.0 Å². The average molecular weight is 178 g/mol. The summed E-state index contributed by atoms with van der Waals surface area (Å²) in [7, 11) is 0. The second-order valence-electron chi connectivity index (χ2n) is 5.67. The zero-order chi connectivity index (χ0) is 9.86. The zero-order valence-corrected chi connectivity index (χ0v) is 9.41. The lowest BCUT2D eigenvalue weighted by atomic mass is 9.30. The zero-order valence-electron chi connectivity index (χ0n) is 9.41. The molecule has 0 bridgehead atoms. The van der Waals surface area contributed by atoms with Crippen LogP contribution in [0.2, 0.25) is 0 Å². The number of epoxide rings is 1. The Morgan fingerprint density at radius 1 is 0.769 bits per heavy atom. The first-order chi connectivity index (χ1) is 5.77. The third kappa shape index (κ3) is 0.355. The Morgan fingerprint density at radius 3 is 1.38 bits per heavy atom. The highest BCUT2D eigenvalue weighted by atomic mass is 16.6. The molecule has 2 aliphatic carbocycles. The molecule has 0 N–H and O–H groups in total. The van der Waals surface area contributed by atoms with Crippen LogP contribution < -0.4 is 0 Å². The Labute approximate surface area is 80.2 Å². The van der Waals surface area contributed by atoms with E-state index in [2.05, 4.69) is 41.5 Å². The number of fused-ring (bicyclic) bond motifs is 4. The molecule has 0 spiro atoms. The predicted octanol–water partition coefficient (Wildman–Crippen LogP) is 2.91. The van der Waals surface area contributed by atoms with Crippen molar-refractivity contribution in [3.63, 3.8) is 0 Å². The highest BCUT2D eigenvalue weighted by Gasteiger charge is 2.97. The van der Waals surface area contributed by atoms with E-state index in [-0.39, 0.29) is 11.2 Å². The maximum absolute atomic E-state index is 5.99. The first-order valence-corrected chi connectivity index (χ1v) is 5.16. The largest absolute Gasteiger partial charge is 0.361 e. The molecule has 4 atom stereocenters. The normalized spacial score (nSPS) is 67.8. The molecule has 1 saturated carbocycles. The fourth-order valence-electron chi connectivity index (χ4n) is 4.59. The van der Waals surface area contributed by atoms with Gasteiger partial charge in [-0.25, -0.2) is 0 Å². The highest BCUT2D eigenvalue weighted by molar-refractivity contribution is 5.61. The van der Waals surface area contributed by atoms with Crippen LogP contribution in [0.4, 0.5) is 0 Å². The smallest absolute Gasteiger partial charge is 0.106 e. The molecule has 1 aliphatic heterocycles. The SMILES string of the molecule is CC1=C(C)C2(C)C1(C)[C@]1(C)O[C@]21C. The van der Waals surface area contributed by atoms with Gasteiger partial charge in [0.15, 0.2) is 0 Å². The van der Waals surface area contributed by atoms with Gasteiger partial charge in [0.25, 0.3) is 0 Å².